The summed E-state index contributed by atoms with van der Waals surface area (Å²) in [5.74, 6) is -0.334. The number of hydrogen-bond donors (Lipinski definition) is 1. The third kappa shape index (κ3) is 3.67. The fourth-order valence-electron chi connectivity index (χ4n) is 3.52. The number of anilines is 1. The van der Waals surface area contributed by atoms with Crippen LogP contribution in [0.5, 0.6) is 0 Å². The van der Waals surface area contributed by atoms with Gasteiger partial charge >= 0.3 is 6.03 Å². The quantitative estimate of drug-likeness (QED) is 0.611. The smallest absolute Gasteiger partial charge is 0.313 e. The number of hydrogen-bond acceptors (Lipinski definition) is 1. The predicted octanol–water partition coefficient (Wildman–Crippen LogP) is 5.66. The predicted molar refractivity (Wildman–Crippen MR) is 106 cm³/mol. The van der Waals surface area contributed by atoms with Gasteiger partial charge in [-0.15, -0.1) is 0 Å². The van der Waals surface area contributed by atoms with Crippen molar-refractivity contribution in [2.45, 2.75) is 12.5 Å². The van der Waals surface area contributed by atoms with Crippen LogP contribution in [0.2, 0.25) is 5.02 Å². The average molecular weight is 381 g/mol. The molecule has 0 saturated heterocycles. The second-order valence-electron chi connectivity index (χ2n) is 6.53. The number of fused-ring (bicyclic) bond motifs is 1. The summed E-state index contributed by atoms with van der Waals surface area (Å²) >= 11 is 6.05. The maximum atomic E-state index is 13.1. The second kappa shape index (κ2) is 7.41. The van der Waals surface area contributed by atoms with E-state index in [9.17, 15) is 9.18 Å². The average Bonchev–Trinajstić information content (AvgIpc) is 2.69. The Bertz CT molecular complexity index is 957. The topological polar surface area (TPSA) is 32.3 Å². The number of benzene rings is 3. The SMILES string of the molecule is O=C(Nc1ccc(F)cc1)N1CCc2ccccc2[C@@H]1c1ccc(Cl)cc1. The molecule has 0 unspecified atom stereocenters. The van der Waals surface area contributed by atoms with Crippen molar-refractivity contribution in [2.75, 3.05) is 11.9 Å². The lowest BCUT2D eigenvalue weighted by atomic mass is 9.88. The first kappa shape index (κ1) is 17.6. The molecule has 136 valence electrons. The van der Waals surface area contributed by atoms with Crippen molar-refractivity contribution in [2.24, 2.45) is 0 Å². The molecule has 1 heterocycles. The van der Waals surface area contributed by atoms with Gasteiger partial charge in [-0.25, -0.2) is 9.18 Å². The third-order valence-corrected chi connectivity index (χ3v) is 5.08. The summed E-state index contributed by atoms with van der Waals surface area (Å²) in [5, 5.41) is 3.53. The molecule has 0 saturated carbocycles. The Hall–Kier alpha value is -2.85. The summed E-state index contributed by atoms with van der Waals surface area (Å²) in [4.78, 5) is 14.8. The van der Waals surface area contributed by atoms with Crippen LogP contribution in [0.15, 0.2) is 72.8 Å². The van der Waals surface area contributed by atoms with Crippen LogP contribution in [0.1, 0.15) is 22.7 Å². The zero-order valence-corrected chi connectivity index (χ0v) is 15.3. The van der Waals surface area contributed by atoms with Gasteiger partial charge in [0.2, 0.25) is 0 Å². The molecule has 1 atom stereocenters. The molecule has 0 bridgehead atoms. The van der Waals surface area contributed by atoms with Crippen LogP contribution in [0.25, 0.3) is 0 Å². The van der Waals surface area contributed by atoms with Crippen molar-refractivity contribution >= 4 is 23.3 Å². The van der Waals surface area contributed by atoms with E-state index in [1.165, 1.54) is 17.7 Å². The van der Waals surface area contributed by atoms with Gasteiger partial charge < -0.3 is 10.2 Å². The minimum atomic E-state index is -0.334. The highest BCUT2D eigenvalue weighted by atomic mass is 35.5. The first-order valence-corrected chi connectivity index (χ1v) is 9.16. The number of carbonyl (C=O) groups excluding carboxylic acids is 1. The zero-order valence-electron chi connectivity index (χ0n) is 14.5. The summed E-state index contributed by atoms with van der Waals surface area (Å²) in [6.07, 6.45) is 0.789. The minimum Gasteiger partial charge on any atom is -0.313 e. The van der Waals surface area contributed by atoms with Gasteiger partial charge in [-0.3, -0.25) is 0 Å². The molecule has 3 aromatic carbocycles. The molecule has 27 heavy (non-hydrogen) atoms. The maximum Gasteiger partial charge on any atom is 0.322 e. The van der Waals surface area contributed by atoms with Crippen molar-refractivity contribution in [1.82, 2.24) is 4.90 Å². The molecular weight excluding hydrogens is 363 g/mol. The highest BCUT2D eigenvalue weighted by Crippen LogP contribution is 2.35. The van der Waals surface area contributed by atoms with Crippen LogP contribution in [-0.4, -0.2) is 17.5 Å². The number of nitrogens with one attached hydrogen (secondary N) is 1. The molecule has 0 spiro atoms. The van der Waals surface area contributed by atoms with Crippen LogP contribution in [0, 0.1) is 5.82 Å². The Balaban J connectivity index is 1.68. The summed E-state index contributed by atoms with van der Waals surface area (Å²) in [7, 11) is 0. The van der Waals surface area contributed by atoms with E-state index in [1.807, 2.05) is 41.3 Å². The molecular formula is C22H18ClFN2O. The molecule has 0 radical (unpaired) electrons. The van der Waals surface area contributed by atoms with Crippen LogP contribution in [-0.2, 0) is 6.42 Å². The molecule has 3 nitrogen and oxygen atoms in total. The van der Waals surface area contributed by atoms with Gasteiger partial charge in [0.15, 0.2) is 0 Å². The fraction of sp³-hybridized carbons (Fsp3) is 0.136. The molecule has 5 heteroatoms. The fourth-order valence-corrected chi connectivity index (χ4v) is 3.64. The first-order valence-electron chi connectivity index (χ1n) is 8.78. The molecule has 2 amide bonds. The molecule has 1 aliphatic rings. The first-order chi connectivity index (χ1) is 13.1. The van der Waals surface area contributed by atoms with E-state index < -0.39 is 0 Å². The third-order valence-electron chi connectivity index (χ3n) is 4.83. The lowest BCUT2D eigenvalue weighted by Crippen LogP contribution is -2.43. The van der Waals surface area contributed by atoms with Crippen molar-refractivity contribution in [3.63, 3.8) is 0 Å². The van der Waals surface area contributed by atoms with E-state index in [0.29, 0.717) is 17.3 Å². The maximum absolute atomic E-state index is 13.1. The number of urea groups is 1. The van der Waals surface area contributed by atoms with E-state index in [4.69, 9.17) is 11.6 Å². The van der Waals surface area contributed by atoms with Gasteiger partial charge in [-0.1, -0.05) is 48.0 Å². The van der Waals surface area contributed by atoms with Crippen LogP contribution >= 0.6 is 11.6 Å². The minimum absolute atomic E-state index is 0.201. The van der Waals surface area contributed by atoms with Gasteiger partial charge in [-0.05, 0) is 59.5 Å². The molecule has 4 rings (SSSR count). The summed E-state index contributed by atoms with van der Waals surface area (Å²) in [6.45, 7) is 0.595. The zero-order chi connectivity index (χ0) is 18.8. The Morgan fingerprint density at radius 2 is 1.70 bits per heavy atom. The molecule has 3 aromatic rings. The highest BCUT2D eigenvalue weighted by Gasteiger charge is 2.31. The molecule has 0 fully saturated rings. The number of amides is 2. The van der Waals surface area contributed by atoms with Gasteiger partial charge in [0, 0.05) is 17.3 Å². The normalized spacial score (nSPS) is 15.9. The Morgan fingerprint density at radius 1 is 1.00 bits per heavy atom. The van der Waals surface area contributed by atoms with E-state index in [1.54, 1.807) is 12.1 Å². The van der Waals surface area contributed by atoms with Gasteiger partial charge in [0.25, 0.3) is 0 Å². The molecule has 0 aromatic heterocycles. The van der Waals surface area contributed by atoms with Gasteiger partial charge in [0.1, 0.15) is 5.82 Å². The lowest BCUT2D eigenvalue weighted by molar-refractivity contribution is 0.194. The van der Waals surface area contributed by atoms with Crippen molar-refractivity contribution in [1.29, 1.82) is 0 Å². The summed E-state index contributed by atoms with van der Waals surface area (Å²) in [6, 6.07) is 21.1. The second-order valence-corrected chi connectivity index (χ2v) is 6.97. The largest absolute Gasteiger partial charge is 0.322 e. The van der Waals surface area contributed by atoms with Gasteiger partial charge in [-0.2, -0.15) is 0 Å². The van der Waals surface area contributed by atoms with E-state index in [0.717, 1.165) is 17.5 Å². The highest BCUT2D eigenvalue weighted by molar-refractivity contribution is 6.30. The lowest BCUT2D eigenvalue weighted by Gasteiger charge is -2.37. The van der Waals surface area contributed by atoms with Gasteiger partial charge in [0.05, 0.1) is 6.04 Å². The summed E-state index contributed by atoms with van der Waals surface area (Å²) in [5.41, 5.74) is 3.92. The summed E-state index contributed by atoms with van der Waals surface area (Å²) < 4.78 is 13.1. The van der Waals surface area contributed by atoms with E-state index in [-0.39, 0.29) is 17.9 Å². The Morgan fingerprint density at radius 3 is 2.44 bits per heavy atom. The standard InChI is InChI=1S/C22H18ClFN2O/c23-17-7-5-16(6-8-17)21-20-4-2-1-3-15(20)13-14-26(21)22(27)25-19-11-9-18(24)10-12-19/h1-12,21H,13-14H2,(H,25,27)/t21-/m0/s1. The number of nitrogens with zero attached hydrogens (tertiary/aromatic N) is 1. The van der Waals surface area contributed by atoms with E-state index in [2.05, 4.69) is 17.4 Å². The van der Waals surface area contributed by atoms with Crippen molar-refractivity contribution < 1.29 is 9.18 Å². The number of carbonyl (C=O) groups is 1. The van der Waals surface area contributed by atoms with Crippen molar-refractivity contribution in [3.05, 3.63) is 100 Å². The molecule has 1 N–H and O–H groups in total. The molecule has 0 aliphatic carbocycles. The Kier molecular flexibility index (Phi) is 4.82. The van der Waals surface area contributed by atoms with E-state index >= 15 is 0 Å². The number of rotatable bonds is 2. The van der Waals surface area contributed by atoms with Crippen molar-refractivity contribution in [3.8, 4) is 0 Å². The number of halogens is 2. The van der Waals surface area contributed by atoms with Crippen LogP contribution < -0.4 is 5.32 Å². The monoisotopic (exact) mass is 380 g/mol. The van der Waals surface area contributed by atoms with Crippen LogP contribution in [0.3, 0.4) is 0 Å². The Labute approximate surface area is 162 Å². The van der Waals surface area contributed by atoms with Crippen LogP contribution in [0.4, 0.5) is 14.9 Å². The molecule has 1 aliphatic heterocycles.